The van der Waals surface area contributed by atoms with Crippen LogP contribution in [0.5, 0.6) is 5.75 Å². The Morgan fingerprint density at radius 3 is 2.16 bits per heavy atom. The molecule has 0 bridgehead atoms. The van der Waals surface area contributed by atoms with Crippen LogP contribution in [0.4, 0.5) is 0 Å². The van der Waals surface area contributed by atoms with Gasteiger partial charge in [-0.25, -0.2) is 0 Å². The van der Waals surface area contributed by atoms with Crippen molar-refractivity contribution in [1.82, 2.24) is 0 Å². The van der Waals surface area contributed by atoms with Gasteiger partial charge in [-0.1, -0.05) is 90.0 Å². The first kappa shape index (κ1) is 24.2. The van der Waals surface area contributed by atoms with Gasteiger partial charge in [-0.15, -0.1) is 0 Å². The van der Waals surface area contributed by atoms with Crippen LogP contribution in [0.25, 0.3) is 0 Å². The molecule has 0 amide bonds. The minimum atomic E-state index is -0.0943. The van der Waals surface area contributed by atoms with Gasteiger partial charge in [0, 0.05) is 22.6 Å². The smallest absolute Gasteiger partial charge is 0.131 e. The van der Waals surface area contributed by atoms with Crippen LogP contribution in [-0.2, 0) is 12.0 Å². The predicted molar refractivity (Wildman–Crippen MR) is 142 cm³/mol. The summed E-state index contributed by atoms with van der Waals surface area (Å²) in [5.41, 5.74) is 4.78. The molecule has 32 heavy (non-hydrogen) atoms. The summed E-state index contributed by atoms with van der Waals surface area (Å²) in [6, 6.07) is 23.5. The fourth-order valence-corrected chi connectivity index (χ4v) is 4.82. The Bertz CT molecular complexity index is 1070. The second kappa shape index (κ2) is 10.0. The lowest BCUT2D eigenvalue weighted by atomic mass is 9.85. The van der Waals surface area contributed by atoms with Crippen molar-refractivity contribution in [3.05, 3.63) is 89.0 Å². The van der Waals surface area contributed by atoms with Crippen LogP contribution in [-0.4, -0.2) is 11.8 Å². The highest BCUT2D eigenvalue weighted by atomic mass is 31.1. The Hall–Kier alpha value is -2.44. The van der Waals surface area contributed by atoms with Crippen LogP contribution in [0.3, 0.4) is 0 Å². The number of hydrogen-bond acceptors (Lipinski definition) is 2. The van der Waals surface area contributed by atoms with Gasteiger partial charge in [0.25, 0.3) is 0 Å². The quantitative estimate of drug-likeness (QED) is 0.305. The molecule has 0 saturated carbocycles. The van der Waals surface area contributed by atoms with Gasteiger partial charge in [0.05, 0.1) is 5.54 Å². The molecule has 0 aliphatic carbocycles. The van der Waals surface area contributed by atoms with E-state index in [0.29, 0.717) is 15.2 Å². The maximum atomic E-state index is 6.54. The molecule has 1 atom stereocenters. The summed E-state index contributed by atoms with van der Waals surface area (Å²) in [5.74, 6) is 1.02. The van der Waals surface area contributed by atoms with Crippen LogP contribution < -0.4 is 15.3 Å². The molecule has 3 heteroatoms. The summed E-state index contributed by atoms with van der Waals surface area (Å²) in [4.78, 5) is 4.75. The number of benzene rings is 3. The zero-order valence-corrected chi connectivity index (χ0v) is 21.5. The predicted octanol–water partition coefficient (Wildman–Crippen LogP) is 6.72. The molecule has 1 unspecified atom stereocenters. The van der Waals surface area contributed by atoms with Crippen LogP contribution in [0, 0.1) is 6.92 Å². The van der Waals surface area contributed by atoms with E-state index in [-0.39, 0.29) is 11.0 Å². The van der Waals surface area contributed by atoms with Crippen molar-refractivity contribution < 1.29 is 4.74 Å². The Kier molecular flexibility index (Phi) is 7.57. The second-order valence-electron chi connectivity index (χ2n) is 10.4. The molecule has 3 aromatic rings. The summed E-state index contributed by atoms with van der Waals surface area (Å²) < 4.78 is 6.54. The maximum Gasteiger partial charge on any atom is 0.131 e. The molecule has 0 spiro atoms. The van der Waals surface area contributed by atoms with Crippen molar-refractivity contribution in [2.45, 2.75) is 66.0 Å². The van der Waals surface area contributed by atoms with E-state index in [9.17, 15) is 0 Å². The third-order valence-electron chi connectivity index (χ3n) is 5.09. The van der Waals surface area contributed by atoms with Crippen molar-refractivity contribution in [3.63, 3.8) is 0 Å². The van der Waals surface area contributed by atoms with Crippen LogP contribution >= 0.6 is 8.58 Å². The molecule has 2 nitrogen and oxygen atoms in total. The van der Waals surface area contributed by atoms with Gasteiger partial charge in [-0.2, -0.15) is 0 Å². The number of aryl methyl sites for hydroxylation is 1. The van der Waals surface area contributed by atoms with E-state index in [2.05, 4.69) is 109 Å². The van der Waals surface area contributed by atoms with Crippen molar-refractivity contribution in [2.24, 2.45) is 4.99 Å². The number of rotatable bonds is 6. The lowest BCUT2D eigenvalue weighted by Gasteiger charge is -2.26. The number of aliphatic imine (C=N–C) groups is 1. The van der Waals surface area contributed by atoms with Gasteiger partial charge < -0.3 is 4.74 Å². The standard InChI is InChI=1S/C29H36NOP/c1-21-17-24(28(2,3)4)27(31-20-22-13-9-8-10-14-22)26(18-21)32-25-16-12-11-15-23(25)19-30-29(5,6)7/h8-19,32H,20H2,1-7H3/b30-19+. The largest absolute Gasteiger partial charge is 0.488 e. The highest BCUT2D eigenvalue weighted by molar-refractivity contribution is 7.56. The monoisotopic (exact) mass is 445 g/mol. The highest BCUT2D eigenvalue weighted by Crippen LogP contribution is 2.35. The molecule has 3 rings (SSSR count). The molecule has 0 aliphatic rings. The van der Waals surface area contributed by atoms with Gasteiger partial charge in [0.1, 0.15) is 12.4 Å². The Morgan fingerprint density at radius 1 is 0.844 bits per heavy atom. The molecule has 0 fully saturated rings. The SMILES string of the molecule is Cc1cc(Pc2ccccc2/C=N/C(C)(C)C)c(OCc2ccccc2)c(C(C)(C)C)c1. The zero-order chi connectivity index (χ0) is 23.4. The average molecular weight is 446 g/mol. The minimum absolute atomic E-state index is 0.00944. The number of nitrogens with zero attached hydrogens (tertiary/aromatic N) is 1. The van der Waals surface area contributed by atoms with Gasteiger partial charge in [-0.3, -0.25) is 4.99 Å². The molecule has 168 valence electrons. The third-order valence-corrected chi connectivity index (χ3v) is 6.45. The lowest BCUT2D eigenvalue weighted by Crippen LogP contribution is -2.20. The van der Waals surface area contributed by atoms with E-state index < -0.39 is 0 Å². The van der Waals surface area contributed by atoms with Crippen LogP contribution in [0.2, 0.25) is 0 Å². The van der Waals surface area contributed by atoms with Gasteiger partial charge in [0.15, 0.2) is 0 Å². The molecule has 0 saturated heterocycles. The van der Waals surface area contributed by atoms with Crippen molar-refractivity contribution in [3.8, 4) is 5.75 Å². The van der Waals surface area contributed by atoms with Gasteiger partial charge in [0.2, 0.25) is 0 Å². The van der Waals surface area contributed by atoms with E-state index in [4.69, 9.17) is 9.73 Å². The van der Waals surface area contributed by atoms with Crippen LogP contribution in [0.15, 0.2) is 71.7 Å². The normalized spacial score (nSPS) is 12.7. The van der Waals surface area contributed by atoms with Gasteiger partial charge in [-0.05, 0) is 55.6 Å². The number of hydrogen-bond donors (Lipinski definition) is 0. The highest BCUT2D eigenvalue weighted by Gasteiger charge is 2.23. The first-order valence-electron chi connectivity index (χ1n) is 11.3. The zero-order valence-electron chi connectivity index (χ0n) is 20.5. The molecule has 3 aromatic carbocycles. The fourth-order valence-electron chi connectivity index (χ4n) is 3.44. The summed E-state index contributed by atoms with van der Waals surface area (Å²) in [5, 5.41) is 2.54. The van der Waals surface area contributed by atoms with E-state index in [1.165, 1.54) is 32.9 Å². The topological polar surface area (TPSA) is 21.6 Å². The molecule has 0 radical (unpaired) electrons. The van der Waals surface area contributed by atoms with Crippen molar-refractivity contribution in [1.29, 1.82) is 0 Å². The van der Waals surface area contributed by atoms with E-state index in [0.717, 1.165) is 5.75 Å². The average Bonchev–Trinajstić information content (AvgIpc) is 2.71. The van der Waals surface area contributed by atoms with Crippen LogP contribution in [0.1, 0.15) is 63.8 Å². The summed E-state index contributed by atoms with van der Waals surface area (Å²) >= 11 is 0. The lowest BCUT2D eigenvalue weighted by molar-refractivity contribution is 0.300. The molecular weight excluding hydrogens is 409 g/mol. The molecule has 0 aromatic heterocycles. The molecular formula is C29H36NOP. The maximum absolute atomic E-state index is 6.54. The summed E-state index contributed by atoms with van der Waals surface area (Å²) in [7, 11) is 0.491. The van der Waals surface area contributed by atoms with Crippen molar-refractivity contribution in [2.75, 3.05) is 0 Å². The first-order valence-corrected chi connectivity index (χ1v) is 12.3. The fraction of sp³-hybridized carbons (Fsp3) is 0.345. The Balaban J connectivity index is 2.03. The number of ether oxygens (including phenoxy) is 1. The van der Waals surface area contributed by atoms with Gasteiger partial charge >= 0.3 is 0 Å². The summed E-state index contributed by atoms with van der Waals surface area (Å²) in [6.07, 6.45) is 2.02. The Labute approximate surface area is 195 Å². The Morgan fingerprint density at radius 2 is 1.50 bits per heavy atom. The minimum Gasteiger partial charge on any atom is -0.488 e. The van der Waals surface area contributed by atoms with E-state index in [1.54, 1.807) is 0 Å². The third kappa shape index (κ3) is 6.78. The summed E-state index contributed by atoms with van der Waals surface area (Å²) in [6.45, 7) is 15.9. The van der Waals surface area contributed by atoms with E-state index >= 15 is 0 Å². The van der Waals surface area contributed by atoms with Crippen molar-refractivity contribution >= 4 is 25.4 Å². The molecule has 0 N–H and O–H groups in total. The second-order valence-corrected chi connectivity index (χ2v) is 11.7. The molecule has 0 heterocycles. The first-order chi connectivity index (χ1) is 15.0. The van der Waals surface area contributed by atoms with E-state index in [1.807, 2.05) is 12.3 Å². The molecule has 0 aliphatic heterocycles.